The van der Waals surface area contributed by atoms with Crippen molar-refractivity contribution in [3.05, 3.63) is 42.7 Å². The van der Waals surface area contributed by atoms with Crippen LogP contribution in [0.5, 0.6) is 5.75 Å². The van der Waals surface area contributed by atoms with E-state index in [0.717, 1.165) is 18.0 Å². The fourth-order valence-corrected chi connectivity index (χ4v) is 2.55. The van der Waals surface area contributed by atoms with Crippen molar-refractivity contribution in [3.8, 4) is 5.75 Å². The summed E-state index contributed by atoms with van der Waals surface area (Å²) >= 11 is 5.51. The number of benzene rings is 1. The lowest BCUT2D eigenvalue weighted by atomic mass is 9.87. The van der Waals surface area contributed by atoms with E-state index in [1.54, 1.807) is 6.20 Å². The summed E-state index contributed by atoms with van der Waals surface area (Å²) < 4.78 is 7.55. The fourth-order valence-electron chi connectivity index (χ4n) is 2.30. The van der Waals surface area contributed by atoms with Gasteiger partial charge in [-0.25, -0.2) is 0 Å². The van der Waals surface area contributed by atoms with E-state index in [1.165, 1.54) is 0 Å². The lowest BCUT2D eigenvalue weighted by molar-refractivity contribution is 0.262. The molecule has 1 aromatic carbocycles. The Morgan fingerprint density at radius 1 is 1.29 bits per heavy atom. The van der Waals surface area contributed by atoms with Gasteiger partial charge in [-0.1, -0.05) is 32.9 Å². The smallest absolute Gasteiger partial charge is 0.171 e. The van der Waals surface area contributed by atoms with Crippen LogP contribution in [0.15, 0.2) is 42.7 Å². The average molecular weight is 347 g/mol. The number of para-hydroxylation sites is 2. The maximum absolute atomic E-state index is 5.63. The van der Waals surface area contributed by atoms with Crippen LogP contribution in [0.4, 0.5) is 5.69 Å². The molecule has 0 aliphatic carbocycles. The molecule has 1 atom stereocenters. The monoisotopic (exact) mass is 346 g/mol. The molecule has 0 fully saturated rings. The molecular weight excluding hydrogens is 320 g/mol. The number of rotatable bonds is 6. The number of nitrogens with zero attached hydrogens (tertiary/aromatic N) is 2. The van der Waals surface area contributed by atoms with Crippen molar-refractivity contribution in [2.45, 2.75) is 40.3 Å². The summed E-state index contributed by atoms with van der Waals surface area (Å²) in [5, 5.41) is 11.5. The fraction of sp³-hybridized carbons (Fsp3) is 0.444. The second kappa shape index (κ2) is 8.15. The summed E-state index contributed by atoms with van der Waals surface area (Å²) in [7, 11) is 0. The summed E-state index contributed by atoms with van der Waals surface area (Å²) in [4.78, 5) is 0. The third kappa shape index (κ3) is 5.23. The zero-order valence-electron chi connectivity index (χ0n) is 14.7. The third-order valence-electron chi connectivity index (χ3n) is 3.71. The SMILES string of the molecule is CCOc1ccccc1NC(=S)NC(Cn1cccn1)C(C)(C)C. The Balaban J connectivity index is 2.05. The van der Waals surface area contributed by atoms with Gasteiger partial charge in [0.05, 0.1) is 24.9 Å². The summed E-state index contributed by atoms with van der Waals surface area (Å²) in [6.45, 7) is 9.88. The minimum Gasteiger partial charge on any atom is -0.492 e. The largest absolute Gasteiger partial charge is 0.492 e. The molecule has 0 saturated heterocycles. The molecule has 5 nitrogen and oxygen atoms in total. The quantitative estimate of drug-likeness (QED) is 0.782. The molecule has 0 bridgehead atoms. The van der Waals surface area contributed by atoms with Crippen molar-refractivity contribution in [1.29, 1.82) is 0 Å². The van der Waals surface area contributed by atoms with E-state index in [9.17, 15) is 0 Å². The number of hydrogen-bond acceptors (Lipinski definition) is 3. The van der Waals surface area contributed by atoms with E-state index in [4.69, 9.17) is 17.0 Å². The summed E-state index contributed by atoms with van der Waals surface area (Å²) in [6.07, 6.45) is 3.75. The molecule has 2 N–H and O–H groups in total. The molecule has 1 heterocycles. The molecule has 0 saturated carbocycles. The standard InChI is InChI=1S/C18H26N4OS/c1-5-23-15-10-7-6-9-14(15)20-17(24)21-16(18(2,3)4)13-22-12-8-11-19-22/h6-12,16H,5,13H2,1-4H3,(H2,20,21,24). The third-order valence-corrected chi connectivity index (χ3v) is 3.93. The predicted molar refractivity (Wildman–Crippen MR) is 102 cm³/mol. The van der Waals surface area contributed by atoms with Crippen molar-refractivity contribution in [1.82, 2.24) is 15.1 Å². The van der Waals surface area contributed by atoms with Crippen molar-refractivity contribution in [2.75, 3.05) is 11.9 Å². The lowest BCUT2D eigenvalue weighted by Gasteiger charge is -2.32. The Morgan fingerprint density at radius 3 is 2.67 bits per heavy atom. The zero-order chi connectivity index (χ0) is 17.6. The average Bonchev–Trinajstić information content (AvgIpc) is 3.01. The van der Waals surface area contributed by atoms with Gasteiger partial charge in [-0.15, -0.1) is 0 Å². The van der Waals surface area contributed by atoms with Crippen LogP contribution in [0, 0.1) is 5.41 Å². The van der Waals surface area contributed by atoms with Gasteiger partial charge in [0, 0.05) is 12.4 Å². The van der Waals surface area contributed by atoms with Crippen LogP contribution >= 0.6 is 12.2 Å². The predicted octanol–water partition coefficient (Wildman–Crippen LogP) is 3.68. The normalized spacial score (nSPS) is 12.5. The number of anilines is 1. The second-order valence-electron chi connectivity index (χ2n) is 6.67. The highest BCUT2D eigenvalue weighted by atomic mass is 32.1. The molecule has 0 amide bonds. The highest BCUT2D eigenvalue weighted by molar-refractivity contribution is 7.80. The number of hydrogen-bond donors (Lipinski definition) is 2. The van der Waals surface area contributed by atoms with Crippen LogP contribution in [0.1, 0.15) is 27.7 Å². The van der Waals surface area contributed by atoms with E-state index in [1.807, 2.05) is 48.1 Å². The molecule has 1 aromatic heterocycles. The van der Waals surface area contributed by atoms with Crippen molar-refractivity contribution in [2.24, 2.45) is 5.41 Å². The summed E-state index contributed by atoms with van der Waals surface area (Å²) in [5.74, 6) is 0.795. The maximum atomic E-state index is 5.63. The van der Waals surface area contributed by atoms with Gasteiger partial charge >= 0.3 is 0 Å². The number of nitrogens with one attached hydrogen (secondary N) is 2. The van der Waals surface area contributed by atoms with Crippen LogP contribution in [0.2, 0.25) is 0 Å². The first-order chi connectivity index (χ1) is 11.4. The van der Waals surface area contributed by atoms with Crippen LogP contribution in [0.3, 0.4) is 0 Å². The van der Waals surface area contributed by atoms with Gasteiger partial charge in [-0.3, -0.25) is 4.68 Å². The highest BCUT2D eigenvalue weighted by Crippen LogP contribution is 2.24. The molecular formula is C18H26N4OS. The molecule has 2 rings (SSSR count). The Bertz CT molecular complexity index is 649. The molecule has 1 unspecified atom stereocenters. The van der Waals surface area contributed by atoms with Gasteiger partial charge in [0.1, 0.15) is 5.75 Å². The van der Waals surface area contributed by atoms with Gasteiger partial charge in [0.15, 0.2) is 5.11 Å². The van der Waals surface area contributed by atoms with Crippen LogP contribution in [-0.2, 0) is 6.54 Å². The van der Waals surface area contributed by atoms with Crippen LogP contribution in [0.25, 0.3) is 0 Å². The van der Waals surface area contributed by atoms with Crippen molar-refractivity contribution < 1.29 is 4.74 Å². The Kier molecular flexibility index (Phi) is 6.20. The van der Waals surface area contributed by atoms with Gasteiger partial charge in [0.2, 0.25) is 0 Å². The Labute approximate surface area is 149 Å². The minimum absolute atomic E-state index is 0.0249. The van der Waals surface area contributed by atoms with Gasteiger partial charge in [0.25, 0.3) is 0 Å². The minimum atomic E-state index is 0.0249. The number of thiocarbonyl (C=S) groups is 1. The first-order valence-electron chi connectivity index (χ1n) is 8.17. The summed E-state index contributed by atoms with van der Waals surface area (Å²) in [6, 6.07) is 9.85. The van der Waals surface area contributed by atoms with Crippen molar-refractivity contribution >= 4 is 23.0 Å². The summed E-state index contributed by atoms with van der Waals surface area (Å²) in [5.41, 5.74) is 0.889. The second-order valence-corrected chi connectivity index (χ2v) is 7.08. The van der Waals surface area contributed by atoms with Crippen LogP contribution in [-0.4, -0.2) is 27.5 Å². The van der Waals surface area contributed by atoms with Crippen LogP contribution < -0.4 is 15.4 Å². The molecule has 24 heavy (non-hydrogen) atoms. The van der Waals surface area contributed by atoms with E-state index in [0.29, 0.717) is 11.7 Å². The van der Waals surface area contributed by atoms with Gasteiger partial charge in [-0.05, 0) is 42.8 Å². The molecule has 0 spiro atoms. The molecule has 0 aliphatic heterocycles. The Hall–Kier alpha value is -2.08. The number of aromatic nitrogens is 2. The lowest BCUT2D eigenvalue weighted by Crippen LogP contribution is -2.48. The van der Waals surface area contributed by atoms with E-state index in [2.05, 4.69) is 36.5 Å². The molecule has 6 heteroatoms. The maximum Gasteiger partial charge on any atom is 0.171 e. The van der Waals surface area contributed by atoms with Crippen molar-refractivity contribution in [3.63, 3.8) is 0 Å². The topological polar surface area (TPSA) is 51.1 Å². The van der Waals surface area contributed by atoms with Gasteiger partial charge < -0.3 is 15.4 Å². The molecule has 0 radical (unpaired) electrons. The first-order valence-corrected chi connectivity index (χ1v) is 8.57. The van der Waals surface area contributed by atoms with E-state index < -0.39 is 0 Å². The molecule has 0 aliphatic rings. The first kappa shape index (κ1) is 18.3. The zero-order valence-corrected chi connectivity index (χ0v) is 15.6. The van der Waals surface area contributed by atoms with E-state index >= 15 is 0 Å². The molecule has 2 aromatic rings. The van der Waals surface area contributed by atoms with E-state index in [-0.39, 0.29) is 11.5 Å². The Morgan fingerprint density at radius 2 is 2.04 bits per heavy atom. The van der Waals surface area contributed by atoms with Gasteiger partial charge in [-0.2, -0.15) is 5.10 Å². The number of ether oxygens (including phenoxy) is 1. The molecule has 130 valence electrons. The highest BCUT2D eigenvalue weighted by Gasteiger charge is 2.26.